The second-order valence-electron chi connectivity index (χ2n) is 1.98. The van der Waals surface area contributed by atoms with E-state index in [0.29, 0.717) is 0 Å². The molecule has 0 amide bonds. The third-order valence-electron chi connectivity index (χ3n) is 1.25. The van der Waals surface area contributed by atoms with Gasteiger partial charge in [-0.2, -0.15) is 0 Å². The standard InChI is InChI=1S/C7H6O4.H2O/c8-5-3-1-2-4(6(5)9)7(10)11;/h1-3,8-9H,(H,10,11);1H2. The first-order chi connectivity index (χ1) is 5.13. The molecule has 1 aromatic rings. The number of aromatic hydroxyl groups is 2. The summed E-state index contributed by atoms with van der Waals surface area (Å²) in [5.74, 6) is -2.29. The van der Waals surface area contributed by atoms with Gasteiger partial charge in [-0.3, -0.25) is 0 Å². The van der Waals surface area contributed by atoms with Crippen molar-refractivity contribution in [3.05, 3.63) is 23.8 Å². The maximum Gasteiger partial charge on any atom is 0.339 e. The number of para-hydroxylation sites is 1. The molecule has 66 valence electrons. The van der Waals surface area contributed by atoms with Gasteiger partial charge in [0.15, 0.2) is 11.5 Å². The highest BCUT2D eigenvalue weighted by Crippen LogP contribution is 2.27. The molecule has 0 saturated carbocycles. The maximum absolute atomic E-state index is 10.3. The van der Waals surface area contributed by atoms with E-state index in [1.165, 1.54) is 18.2 Å². The van der Waals surface area contributed by atoms with Gasteiger partial charge in [0.05, 0.1) is 0 Å². The predicted octanol–water partition coefficient (Wildman–Crippen LogP) is -0.0287. The largest absolute Gasteiger partial charge is 0.504 e. The number of hydrogen-bond acceptors (Lipinski definition) is 3. The zero-order valence-electron chi connectivity index (χ0n) is 5.98. The van der Waals surface area contributed by atoms with Gasteiger partial charge in [-0.1, -0.05) is 6.07 Å². The SMILES string of the molecule is O.O=C(O)c1cccc(O)c1O. The molecule has 1 rings (SSSR count). The van der Waals surface area contributed by atoms with Gasteiger partial charge < -0.3 is 20.8 Å². The van der Waals surface area contributed by atoms with Crippen molar-refractivity contribution in [3.8, 4) is 11.5 Å². The molecule has 0 heterocycles. The normalized spacial score (nSPS) is 8.67. The molecule has 0 aromatic heterocycles. The smallest absolute Gasteiger partial charge is 0.339 e. The highest BCUT2D eigenvalue weighted by Gasteiger charge is 2.11. The first-order valence-electron chi connectivity index (χ1n) is 2.87. The van der Waals surface area contributed by atoms with Crippen molar-refractivity contribution in [3.63, 3.8) is 0 Å². The minimum absolute atomic E-state index is 0. The van der Waals surface area contributed by atoms with Crippen LogP contribution < -0.4 is 0 Å². The summed E-state index contributed by atoms with van der Waals surface area (Å²) in [6, 6.07) is 3.76. The highest BCUT2D eigenvalue weighted by atomic mass is 16.4. The monoisotopic (exact) mass is 172 g/mol. The average molecular weight is 172 g/mol. The lowest BCUT2D eigenvalue weighted by Gasteiger charge is -1.99. The van der Waals surface area contributed by atoms with Crippen LogP contribution in [0.5, 0.6) is 11.5 Å². The number of phenols is 2. The summed E-state index contributed by atoms with van der Waals surface area (Å²) in [6.45, 7) is 0. The predicted molar refractivity (Wildman–Crippen MR) is 40.3 cm³/mol. The molecule has 0 atom stereocenters. The Bertz CT molecular complexity index is 294. The van der Waals surface area contributed by atoms with Crippen LogP contribution in [0.1, 0.15) is 10.4 Å². The summed E-state index contributed by atoms with van der Waals surface area (Å²) in [5, 5.41) is 26.2. The number of aromatic carboxylic acids is 1. The third kappa shape index (κ3) is 1.64. The van der Waals surface area contributed by atoms with Crippen molar-refractivity contribution in [2.45, 2.75) is 0 Å². The highest BCUT2D eigenvalue weighted by molar-refractivity contribution is 5.91. The van der Waals surface area contributed by atoms with Gasteiger partial charge >= 0.3 is 5.97 Å². The summed E-state index contributed by atoms with van der Waals surface area (Å²) in [6.07, 6.45) is 0. The minimum atomic E-state index is -1.27. The number of carboxylic acid groups (broad SMARTS) is 1. The molecule has 1 aromatic carbocycles. The number of hydrogen-bond donors (Lipinski definition) is 3. The van der Waals surface area contributed by atoms with Crippen molar-refractivity contribution >= 4 is 5.97 Å². The van der Waals surface area contributed by atoms with E-state index in [9.17, 15) is 4.79 Å². The molecular formula is C7H8O5. The van der Waals surface area contributed by atoms with Crippen LogP contribution in [-0.4, -0.2) is 26.8 Å². The molecule has 5 heteroatoms. The number of rotatable bonds is 1. The van der Waals surface area contributed by atoms with E-state index >= 15 is 0 Å². The van der Waals surface area contributed by atoms with Crippen LogP contribution in [0.2, 0.25) is 0 Å². The Kier molecular flexibility index (Phi) is 3.06. The van der Waals surface area contributed by atoms with Crippen LogP contribution >= 0.6 is 0 Å². The van der Waals surface area contributed by atoms with Crippen molar-refractivity contribution in [2.75, 3.05) is 0 Å². The van der Waals surface area contributed by atoms with Gasteiger partial charge in [-0.05, 0) is 12.1 Å². The van der Waals surface area contributed by atoms with Crippen molar-refractivity contribution < 1.29 is 25.6 Å². The Balaban J connectivity index is 0.00000121. The summed E-state index contributed by atoms with van der Waals surface area (Å²) in [4.78, 5) is 10.3. The number of phenolic OH excluding ortho intramolecular Hbond substituents is 1. The van der Waals surface area contributed by atoms with Crippen molar-refractivity contribution in [2.24, 2.45) is 0 Å². The van der Waals surface area contributed by atoms with E-state index in [4.69, 9.17) is 15.3 Å². The molecule has 0 aliphatic heterocycles. The van der Waals surface area contributed by atoms with Crippen LogP contribution in [-0.2, 0) is 0 Å². The number of carbonyl (C=O) groups is 1. The van der Waals surface area contributed by atoms with Crippen molar-refractivity contribution in [1.29, 1.82) is 0 Å². The van der Waals surface area contributed by atoms with Crippen LogP contribution in [0.3, 0.4) is 0 Å². The molecule has 0 aliphatic carbocycles. The zero-order chi connectivity index (χ0) is 8.43. The summed E-state index contributed by atoms with van der Waals surface area (Å²) >= 11 is 0. The Labute approximate surface area is 67.8 Å². The molecule has 0 aliphatic rings. The fourth-order valence-electron chi connectivity index (χ4n) is 0.704. The first kappa shape index (κ1) is 10.2. The molecule has 0 radical (unpaired) electrons. The minimum Gasteiger partial charge on any atom is -0.504 e. The van der Waals surface area contributed by atoms with Crippen molar-refractivity contribution in [1.82, 2.24) is 0 Å². The van der Waals surface area contributed by atoms with E-state index in [-0.39, 0.29) is 11.0 Å². The number of carboxylic acids is 1. The Morgan fingerprint density at radius 2 is 1.83 bits per heavy atom. The van der Waals surface area contributed by atoms with E-state index in [1.54, 1.807) is 0 Å². The molecule has 0 saturated heterocycles. The second kappa shape index (κ2) is 3.59. The van der Waals surface area contributed by atoms with E-state index in [1.807, 2.05) is 0 Å². The lowest BCUT2D eigenvalue weighted by molar-refractivity contribution is 0.0693. The molecule has 5 N–H and O–H groups in total. The Morgan fingerprint density at radius 3 is 2.25 bits per heavy atom. The Hall–Kier alpha value is -1.75. The fourth-order valence-corrected chi connectivity index (χ4v) is 0.704. The van der Waals surface area contributed by atoms with E-state index in [0.717, 1.165) is 0 Å². The van der Waals surface area contributed by atoms with Gasteiger partial charge in [0, 0.05) is 0 Å². The Morgan fingerprint density at radius 1 is 1.25 bits per heavy atom. The lowest BCUT2D eigenvalue weighted by Crippen LogP contribution is -1.95. The average Bonchev–Trinajstić information content (AvgIpc) is 1.94. The quantitative estimate of drug-likeness (QED) is 0.516. The summed E-state index contributed by atoms with van der Waals surface area (Å²) < 4.78 is 0. The van der Waals surface area contributed by atoms with Gasteiger partial charge in [-0.15, -0.1) is 0 Å². The van der Waals surface area contributed by atoms with Crippen LogP contribution in [0.15, 0.2) is 18.2 Å². The molecule has 12 heavy (non-hydrogen) atoms. The van der Waals surface area contributed by atoms with E-state index in [2.05, 4.69) is 0 Å². The summed E-state index contributed by atoms with van der Waals surface area (Å²) in [7, 11) is 0. The van der Waals surface area contributed by atoms with Gasteiger partial charge in [-0.25, -0.2) is 4.79 Å². The topological polar surface area (TPSA) is 109 Å². The van der Waals surface area contributed by atoms with Gasteiger partial charge in [0.2, 0.25) is 0 Å². The molecule has 0 unspecified atom stereocenters. The molecule has 0 bridgehead atoms. The van der Waals surface area contributed by atoms with Crippen LogP contribution in [0, 0.1) is 0 Å². The lowest BCUT2D eigenvalue weighted by atomic mass is 10.2. The molecule has 0 spiro atoms. The van der Waals surface area contributed by atoms with Crippen LogP contribution in [0.25, 0.3) is 0 Å². The van der Waals surface area contributed by atoms with Gasteiger partial charge in [0.1, 0.15) is 5.56 Å². The summed E-state index contributed by atoms with van der Waals surface area (Å²) in [5.41, 5.74) is -0.301. The first-order valence-corrected chi connectivity index (χ1v) is 2.87. The van der Waals surface area contributed by atoms with Crippen LogP contribution in [0.4, 0.5) is 0 Å². The van der Waals surface area contributed by atoms with E-state index < -0.39 is 17.5 Å². The zero-order valence-corrected chi connectivity index (χ0v) is 5.98. The maximum atomic E-state index is 10.3. The molecular weight excluding hydrogens is 164 g/mol. The molecule has 0 fully saturated rings. The van der Waals surface area contributed by atoms with Gasteiger partial charge in [0.25, 0.3) is 0 Å². The third-order valence-corrected chi connectivity index (χ3v) is 1.25. The second-order valence-corrected chi connectivity index (χ2v) is 1.98. The molecule has 5 nitrogen and oxygen atoms in total. The fraction of sp³-hybridized carbons (Fsp3) is 0. The number of benzene rings is 1.